The van der Waals surface area contributed by atoms with E-state index < -0.39 is 92.1 Å². The van der Waals surface area contributed by atoms with E-state index in [1.54, 1.807) is 53.4 Å². The molecule has 3 saturated heterocycles. The summed E-state index contributed by atoms with van der Waals surface area (Å²) in [7, 11) is 0. The summed E-state index contributed by atoms with van der Waals surface area (Å²) < 4.78 is 34.5. The number of nitrogens with zero attached hydrogens (tertiary/aromatic N) is 1. The van der Waals surface area contributed by atoms with Crippen LogP contribution in [0.15, 0.2) is 60.7 Å². The lowest BCUT2D eigenvalue weighted by atomic mass is 9.97. The lowest BCUT2D eigenvalue weighted by Gasteiger charge is -2.45. The van der Waals surface area contributed by atoms with E-state index >= 15 is 0 Å². The van der Waals surface area contributed by atoms with Gasteiger partial charge in [0.15, 0.2) is 12.4 Å². The number of nitrogens with one attached hydrogen (secondary N) is 2. The Kier molecular flexibility index (Phi) is 18.2. The van der Waals surface area contributed by atoms with Gasteiger partial charge in [-0.2, -0.15) is 0 Å². The van der Waals surface area contributed by atoms with Crippen molar-refractivity contribution in [2.45, 2.75) is 127 Å². The molecule has 3 fully saturated rings. The molecule has 0 aromatic heterocycles. The van der Waals surface area contributed by atoms with E-state index in [1.807, 2.05) is 19.9 Å². The van der Waals surface area contributed by atoms with Gasteiger partial charge in [0.05, 0.1) is 12.6 Å². The fourth-order valence-electron chi connectivity index (χ4n) is 7.34. The number of esters is 2. The van der Waals surface area contributed by atoms with Crippen LogP contribution in [0, 0.1) is 5.92 Å². The van der Waals surface area contributed by atoms with E-state index in [2.05, 4.69) is 10.6 Å². The maximum absolute atomic E-state index is 13.2. The fraction of sp³-hybridized carbons (Fsp3) is 0.591. The average molecular weight is 872 g/mol. The first kappa shape index (κ1) is 48.5. The van der Waals surface area contributed by atoms with Crippen LogP contribution in [0.3, 0.4) is 0 Å². The van der Waals surface area contributed by atoms with Crippen LogP contribution in [0.4, 0.5) is 0 Å². The van der Waals surface area contributed by atoms with Crippen LogP contribution in [0.5, 0.6) is 5.75 Å². The van der Waals surface area contributed by atoms with Gasteiger partial charge in [-0.1, -0.05) is 56.3 Å². The zero-order chi connectivity index (χ0) is 44.9. The van der Waals surface area contributed by atoms with Gasteiger partial charge in [-0.3, -0.25) is 14.4 Å². The van der Waals surface area contributed by atoms with Crippen molar-refractivity contribution in [3.8, 4) is 5.75 Å². The van der Waals surface area contributed by atoms with Crippen molar-refractivity contribution in [1.29, 1.82) is 0 Å². The van der Waals surface area contributed by atoms with Gasteiger partial charge in [-0.25, -0.2) is 4.79 Å². The molecule has 2 aromatic carbocycles. The van der Waals surface area contributed by atoms with E-state index in [1.165, 1.54) is 26.0 Å². The third-order valence-electron chi connectivity index (χ3n) is 11.2. The number of aliphatic hydroxyl groups excluding tert-OH is 5. The zero-order valence-electron chi connectivity index (χ0n) is 35.5. The van der Waals surface area contributed by atoms with Crippen LogP contribution in [0.2, 0.25) is 0 Å². The second kappa shape index (κ2) is 23.3. The Morgan fingerprint density at radius 2 is 1.65 bits per heavy atom. The molecule has 13 atom stereocenters. The third-order valence-corrected chi connectivity index (χ3v) is 11.2. The molecule has 62 heavy (non-hydrogen) atoms. The SMILES string of the molecule is CCC(C)C(=O)N1CCCNC(=O)CC(c2ccc(OC3OC(C)C(O)C(O)C3OC3OC(COC(=O)C=Cc4ccccc4)C(O)C(O)C3O)cc2)NCCC(OC(C)=O)C1. The number of hydrogen-bond acceptors (Lipinski definition) is 16. The second-order valence-electron chi connectivity index (χ2n) is 15.9. The van der Waals surface area contributed by atoms with Crippen molar-refractivity contribution >= 4 is 29.8 Å². The number of carbonyl (C=O) groups excluding carboxylic acids is 4. The van der Waals surface area contributed by atoms with Crippen LogP contribution in [0.25, 0.3) is 6.08 Å². The average Bonchev–Trinajstić information content (AvgIpc) is 3.27. The highest BCUT2D eigenvalue weighted by Crippen LogP contribution is 2.31. The molecule has 18 heteroatoms. The van der Waals surface area contributed by atoms with Crippen molar-refractivity contribution in [2.75, 3.05) is 32.8 Å². The summed E-state index contributed by atoms with van der Waals surface area (Å²) in [6, 6.07) is 15.2. The number of amides is 2. The van der Waals surface area contributed by atoms with Gasteiger partial charge in [0.2, 0.25) is 18.1 Å². The third kappa shape index (κ3) is 13.5. The Labute approximate surface area is 361 Å². The van der Waals surface area contributed by atoms with Crippen LogP contribution in [-0.2, 0) is 42.9 Å². The molecule has 2 amide bonds. The zero-order valence-corrected chi connectivity index (χ0v) is 35.5. The summed E-state index contributed by atoms with van der Waals surface area (Å²) in [6.07, 6.45) is -11.6. The predicted molar refractivity (Wildman–Crippen MR) is 221 cm³/mol. The van der Waals surface area contributed by atoms with Crippen LogP contribution in [0.1, 0.15) is 70.5 Å². The molecule has 0 saturated carbocycles. The molecule has 0 spiro atoms. The summed E-state index contributed by atoms with van der Waals surface area (Å²) in [6.45, 7) is 7.43. The lowest BCUT2D eigenvalue weighted by molar-refractivity contribution is -0.355. The van der Waals surface area contributed by atoms with Gasteiger partial charge in [0.25, 0.3) is 0 Å². The van der Waals surface area contributed by atoms with Crippen LogP contribution in [-0.4, -0.2) is 154 Å². The second-order valence-corrected chi connectivity index (χ2v) is 15.9. The van der Waals surface area contributed by atoms with Gasteiger partial charge in [-0.05, 0) is 62.1 Å². The maximum Gasteiger partial charge on any atom is 0.330 e. The summed E-state index contributed by atoms with van der Waals surface area (Å²) >= 11 is 0. The number of benzene rings is 2. The molecular weight excluding hydrogens is 810 g/mol. The smallest absolute Gasteiger partial charge is 0.330 e. The lowest BCUT2D eigenvalue weighted by Crippen LogP contribution is -2.64. The van der Waals surface area contributed by atoms with Gasteiger partial charge < -0.3 is 69.5 Å². The Hall–Kier alpha value is -4.50. The van der Waals surface area contributed by atoms with Gasteiger partial charge in [-0.15, -0.1) is 0 Å². The maximum atomic E-state index is 13.2. The van der Waals surface area contributed by atoms with Crippen molar-refractivity contribution in [2.24, 2.45) is 5.92 Å². The van der Waals surface area contributed by atoms with E-state index in [4.69, 9.17) is 28.4 Å². The molecule has 0 radical (unpaired) electrons. The molecular formula is C44H61N3O15. The molecule has 18 nitrogen and oxygen atoms in total. The van der Waals surface area contributed by atoms with E-state index in [0.717, 1.165) is 11.1 Å². The standard InChI is InChI=1S/C44H61N3O15/c1-5-25(2)42(56)47-21-9-19-46-34(49)22-32(45-20-18-31(23-47)59-27(4)48)29-13-15-30(16-14-29)60-44-41(39(54)36(51)26(3)58-44)62-43-40(55)38(53)37(52)33(61-43)24-57-35(50)17-12-28-10-7-6-8-11-28/h6-8,10-17,25-26,31-33,36-41,43-45,51-55H,5,9,18-24H2,1-4H3,(H,46,49). The summed E-state index contributed by atoms with van der Waals surface area (Å²) in [5.41, 5.74) is 1.47. The molecule has 5 rings (SSSR count). The minimum atomic E-state index is -1.84. The molecule has 3 aliphatic heterocycles. The number of ether oxygens (including phenoxy) is 6. The van der Waals surface area contributed by atoms with Crippen molar-refractivity contribution < 1.29 is 73.1 Å². The first-order valence-corrected chi connectivity index (χ1v) is 21.1. The highest BCUT2D eigenvalue weighted by molar-refractivity contribution is 5.87. The first-order chi connectivity index (χ1) is 29.6. The summed E-state index contributed by atoms with van der Waals surface area (Å²) in [4.78, 5) is 52.4. The van der Waals surface area contributed by atoms with Crippen molar-refractivity contribution in [1.82, 2.24) is 15.5 Å². The highest BCUT2D eigenvalue weighted by atomic mass is 16.8. The normalized spacial score (nSPS) is 32.0. The van der Waals surface area contributed by atoms with Gasteiger partial charge in [0.1, 0.15) is 55.1 Å². The Morgan fingerprint density at radius 3 is 2.34 bits per heavy atom. The van der Waals surface area contributed by atoms with E-state index in [-0.39, 0.29) is 36.4 Å². The largest absolute Gasteiger partial charge is 0.462 e. The monoisotopic (exact) mass is 871 g/mol. The topological polar surface area (TPSA) is 252 Å². The number of rotatable bonds is 12. The highest BCUT2D eigenvalue weighted by Gasteiger charge is 2.51. The Morgan fingerprint density at radius 1 is 0.919 bits per heavy atom. The Balaban J connectivity index is 1.25. The van der Waals surface area contributed by atoms with Gasteiger partial charge >= 0.3 is 11.9 Å². The molecule has 3 aliphatic rings. The molecule has 7 N–H and O–H groups in total. The number of carbonyl (C=O) groups is 4. The quantitative estimate of drug-likeness (QED) is 0.115. The number of aliphatic hydroxyl groups is 5. The predicted octanol–water partition coefficient (Wildman–Crippen LogP) is 0.719. The molecule has 13 unspecified atom stereocenters. The molecule has 2 aromatic rings. The van der Waals surface area contributed by atoms with E-state index in [9.17, 15) is 44.7 Å². The van der Waals surface area contributed by atoms with Crippen molar-refractivity contribution in [3.05, 3.63) is 71.8 Å². The summed E-state index contributed by atoms with van der Waals surface area (Å²) in [5, 5.41) is 60.4. The van der Waals surface area contributed by atoms with E-state index in [0.29, 0.717) is 38.9 Å². The summed E-state index contributed by atoms with van der Waals surface area (Å²) in [5.74, 6) is -1.42. The number of hydrogen-bond donors (Lipinski definition) is 7. The molecule has 0 aliphatic carbocycles. The van der Waals surface area contributed by atoms with Crippen LogP contribution < -0.4 is 15.4 Å². The van der Waals surface area contributed by atoms with Crippen LogP contribution >= 0.6 is 0 Å². The minimum absolute atomic E-state index is 0.0362. The van der Waals surface area contributed by atoms with Crippen molar-refractivity contribution in [3.63, 3.8) is 0 Å². The van der Waals surface area contributed by atoms with Gasteiger partial charge in [0, 0.05) is 44.5 Å². The first-order valence-electron chi connectivity index (χ1n) is 21.1. The molecule has 3 heterocycles. The molecule has 342 valence electrons. The fourth-order valence-corrected chi connectivity index (χ4v) is 7.34. The molecule has 0 bridgehead atoms. The Bertz CT molecular complexity index is 1780. The minimum Gasteiger partial charge on any atom is -0.462 e.